The average molecular weight is 1220 g/mol. The SMILES string of the molecule is CC/C=C\C/C=C\C/C=C\C/C=C\C/C=C\C/C=C\C/C=C\C/C=C\CCCCCCC(=O)OC(COC(=O)CCCCCCCCCCCCCCCCCCCCCCCCCCCCCCCCCCC)COP(=O)([O-])OCC[N+](C)(C)C. The molecular formula is C76H136NO8P. The molecule has 0 aliphatic heterocycles. The number of hydrogen-bond acceptors (Lipinski definition) is 8. The molecule has 10 heteroatoms. The molecule has 0 radical (unpaired) electrons. The Balaban J connectivity index is 4.07. The lowest BCUT2D eigenvalue weighted by Gasteiger charge is -2.28. The van der Waals surface area contributed by atoms with Crippen LogP contribution in [0.3, 0.4) is 0 Å². The summed E-state index contributed by atoms with van der Waals surface area (Å²) in [4.78, 5) is 38.1. The Labute approximate surface area is 532 Å². The molecule has 498 valence electrons. The number of allylic oxidation sites excluding steroid dienone is 16. The number of hydrogen-bond donors (Lipinski definition) is 0. The van der Waals surface area contributed by atoms with Crippen molar-refractivity contribution >= 4 is 19.8 Å². The second-order valence-electron chi connectivity index (χ2n) is 25.2. The summed E-state index contributed by atoms with van der Waals surface area (Å²) in [6.07, 6.45) is 92.2. The minimum Gasteiger partial charge on any atom is -0.756 e. The predicted octanol–water partition coefficient (Wildman–Crippen LogP) is 22.9. The van der Waals surface area contributed by atoms with Crippen molar-refractivity contribution < 1.29 is 42.1 Å². The minimum atomic E-state index is -4.66. The highest BCUT2D eigenvalue weighted by Crippen LogP contribution is 2.38. The van der Waals surface area contributed by atoms with E-state index in [4.69, 9.17) is 18.5 Å². The van der Waals surface area contributed by atoms with E-state index in [9.17, 15) is 19.0 Å². The van der Waals surface area contributed by atoms with E-state index in [0.29, 0.717) is 17.4 Å². The van der Waals surface area contributed by atoms with E-state index in [1.165, 1.54) is 193 Å². The maximum Gasteiger partial charge on any atom is 0.306 e. The molecule has 0 N–H and O–H groups in total. The molecule has 0 fully saturated rings. The Hall–Kier alpha value is -3.07. The molecule has 86 heavy (non-hydrogen) atoms. The Bertz CT molecular complexity index is 1770. The van der Waals surface area contributed by atoms with Crippen LogP contribution in [0.25, 0.3) is 0 Å². The number of phosphoric acid groups is 1. The molecule has 2 unspecified atom stereocenters. The fourth-order valence-electron chi connectivity index (χ4n) is 10.1. The van der Waals surface area contributed by atoms with Crippen molar-refractivity contribution in [2.75, 3.05) is 47.5 Å². The maximum atomic E-state index is 12.9. The van der Waals surface area contributed by atoms with Gasteiger partial charge in [-0.2, -0.15) is 0 Å². The minimum absolute atomic E-state index is 0.0397. The van der Waals surface area contributed by atoms with Gasteiger partial charge in [-0.1, -0.05) is 329 Å². The zero-order valence-electron chi connectivity index (χ0n) is 56.7. The van der Waals surface area contributed by atoms with Crippen LogP contribution >= 0.6 is 7.82 Å². The summed E-state index contributed by atoms with van der Waals surface area (Å²) in [5.74, 6) is -0.856. The van der Waals surface area contributed by atoms with Crippen molar-refractivity contribution in [1.29, 1.82) is 0 Å². The van der Waals surface area contributed by atoms with Crippen LogP contribution in [-0.2, 0) is 32.7 Å². The number of quaternary nitrogens is 1. The molecular weight excluding hydrogens is 1090 g/mol. The van der Waals surface area contributed by atoms with E-state index in [0.717, 1.165) is 96.3 Å². The van der Waals surface area contributed by atoms with E-state index in [2.05, 4.69) is 111 Å². The topological polar surface area (TPSA) is 111 Å². The van der Waals surface area contributed by atoms with E-state index in [1.807, 2.05) is 21.1 Å². The van der Waals surface area contributed by atoms with Gasteiger partial charge in [-0.15, -0.1) is 0 Å². The summed E-state index contributed by atoms with van der Waals surface area (Å²) < 4.78 is 34.3. The van der Waals surface area contributed by atoms with E-state index < -0.39 is 26.5 Å². The first-order valence-corrected chi connectivity index (χ1v) is 37.4. The number of carbonyl (C=O) groups excluding carboxylic acids is 2. The summed E-state index contributed by atoms with van der Waals surface area (Å²) in [7, 11) is 1.15. The molecule has 0 bridgehead atoms. The van der Waals surface area contributed by atoms with Crippen LogP contribution < -0.4 is 4.89 Å². The molecule has 0 aromatic rings. The maximum absolute atomic E-state index is 12.9. The number of carbonyl (C=O) groups is 2. The van der Waals surface area contributed by atoms with Crippen LogP contribution in [0.4, 0.5) is 0 Å². The molecule has 9 nitrogen and oxygen atoms in total. The van der Waals surface area contributed by atoms with Gasteiger partial charge in [0.05, 0.1) is 27.7 Å². The Morgan fingerprint density at radius 2 is 0.663 bits per heavy atom. The standard InChI is InChI=1S/C76H136NO8P/c1-6-8-10-12-14-16-18-20-22-24-26-28-30-32-34-36-37-38-39-41-42-44-46-48-50-52-54-56-58-60-62-64-66-68-75(78)82-72-74(73-84-86(80,81)83-71-70-77(3,4)5)85-76(79)69-67-65-63-61-59-57-55-53-51-49-47-45-43-40-35-33-31-29-27-25-23-21-19-17-15-13-11-9-7-2/h9,11,15,17,21,23,27,29,33,35,43,45,49,51,55,57,74H,6-8,10,12-14,16,18-20,22,24-26,28,30-32,34,36-42,44,46-48,50,52-54,56,58-73H2,1-5H3/b11-9-,17-15-,23-21-,29-27-,35-33-,45-43-,51-49-,57-55-. The highest BCUT2D eigenvalue weighted by atomic mass is 31.2. The molecule has 0 spiro atoms. The van der Waals surface area contributed by atoms with Crippen molar-refractivity contribution in [3.63, 3.8) is 0 Å². The van der Waals surface area contributed by atoms with Gasteiger partial charge in [-0.25, -0.2) is 0 Å². The third kappa shape index (κ3) is 70.0. The fourth-order valence-corrected chi connectivity index (χ4v) is 10.9. The number of nitrogens with zero attached hydrogens (tertiary/aromatic N) is 1. The molecule has 0 rings (SSSR count). The zero-order chi connectivity index (χ0) is 62.6. The summed E-state index contributed by atoms with van der Waals surface area (Å²) in [5.41, 5.74) is 0. The third-order valence-corrected chi connectivity index (χ3v) is 16.6. The van der Waals surface area contributed by atoms with Gasteiger partial charge in [0.1, 0.15) is 19.8 Å². The molecule has 2 atom stereocenters. The van der Waals surface area contributed by atoms with Gasteiger partial charge in [0.25, 0.3) is 7.82 Å². The van der Waals surface area contributed by atoms with E-state index in [1.54, 1.807) is 0 Å². The van der Waals surface area contributed by atoms with Gasteiger partial charge in [0.2, 0.25) is 0 Å². The number of esters is 2. The monoisotopic (exact) mass is 1220 g/mol. The number of unbranched alkanes of at least 4 members (excludes halogenated alkanes) is 36. The summed E-state index contributed by atoms with van der Waals surface area (Å²) in [5, 5.41) is 0. The quantitative estimate of drug-likeness (QED) is 0.0195. The number of ether oxygens (including phenoxy) is 2. The van der Waals surface area contributed by atoms with Crippen LogP contribution in [0.15, 0.2) is 97.2 Å². The summed E-state index contributed by atoms with van der Waals surface area (Å²) >= 11 is 0. The second-order valence-corrected chi connectivity index (χ2v) is 26.6. The largest absolute Gasteiger partial charge is 0.756 e. The highest BCUT2D eigenvalue weighted by Gasteiger charge is 2.22. The molecule has 0 amide bonds. The van der Waals surface area contributed by atoms with E-state index >= 15 is 0 Å². The third-order valence-electron chi connectivity index (χ3n) is 15.6. The first-order valence-electron chi connectivity index (χ1n) is 35.9. The molecule has 0 aliphatic carbocycles. The molecule has 0 aromatic heterocycles. The predicted molar refractivity (Wildman–Crippen MR) is 369 cm³/mol. The van der Waals surface area contributed by atoms with Crippen LogP contribution in [0.1, 0.15) is 322 Å². The molecule has 0 saturated carbocycles. The average Bonchev–Trinajstić information content (AvgIpc) is 3.67. The second kappa shape index (κ2) is 66.4. The van der Waals surface area contributed by atoms with Crippen molar-refractivity contribution in [3.8, 4) is 0 Å². The number of rotatable bonds is 66. The van der Waals surface area contributed by atoms with Gasteiger partial charge in [-0.3, -0.25) is 14.2 Å². The number of phosphoric ester groups is 1. The van der Waals surface area contributed by atoms with Crippen LogP contribution in [0.5, 0.6) is 0 Å². The van der Waals surface area contributed by atoms with Crippen molar-refractivity contribution in [2.45, 2.75) is 328 Å². The molecule has 0 heterocycles. The lowest BCUT2D eigenvalue weighted by Crippen LogP contribution is -2.37. The van der Waals surface area contributed by atoms with E-state index in [-0.39, 0.29) is 32.0 Å². The fraction of sp³-hybridized carbons (Fsp3) is 0.763. The molecule has 0 saturated heterocycles. The van der Waals surface area contributed by atoms with Gasteiger partial charge in [0, 0.05) is 12.8 Å². The molecule has 0 aliphatic rings. The van der Waals surface area contributed by atoms with Gasteiger partial charge in [-0.05, 0) is 77.0 Å². The first kappa shape index (κ1) is 82.9. The Morgan fingerprint density at radius 1 is 0.372 bits per heavy atom. The van der Waals surface area contributed by atoms with Crippen molar-refractivity contribution in [3.05, 3.63) is 97.2 Å². The van der Waals surface area contributed by atoms with Crippen molar-refractivity contribution in [2.24, 2.45) is 0 Å². The first-order chi connectivity index (χ1) is 42.0. The zero-order valence-corrected chi connectivity index (χ0v) is 57.6. The lowest BCUT2D eigenvalue weighted by atomic mass is 10.0. The lowest BCUT2D eigenvalue weighted by molar-refractivity contribution is -0.870. The number of likely N-dealkylation sites (N-methyl/N-ethyl adjacent to an activating group) is 1. The Kier molecular flexibility index (Phi) is 64.0. The summed E-state index contributed by atoms with van der Waals surface area (Å²) in [6.45, 7) is 4.13. The van der Waals surface area contributed by atoms with Gasteiger partial charge in [0.15, 0.2) is 6.10 Å². The highest BCUT2D eigenvalue weighted by molar-refractivity contribution is 7.45. The van der Waals surface area contributed by atoms with Crippen LogP contribution in [0, 0.1) is 0 Å². The van der Waals surface area contributed by atoms with Crippen molar-refractivity contribution in [1.82, 2.24) is 0 Å². The van der Waals surface area contributed by atoms with Crippen LogP contribution in [0.2, 0.25) is 0 Å². The molecule has 0 aromatic carbocycles. The smallest absolute Gasteiger partial charge is 0.306 e. The summed E-state index contributed by atoms with van der Waals surface area (Å²) in [6, 6.07) is 0. The Morgan fingerprint density at radius 3 is 0.988 bits per heavy atom. The normalized spacial score (nSPS) is 13.7. The van der Waals surface area contributed by atoms with Crippen LogP contribution in [-0.4, -0.2) is 70.0 Å². The van der Waals surface area contributed by atoms with Gasteiger partial charge >= 0.3 is 11.9 Å². The van der Waals surface area contributed by atoms with Gasteiger partial charge < -0.3 is 27.9 Å².